The minimum Gasteiger partial charge on any atom is -0.457 e. The molecule has 5 rings (SSSR count). The van der Waals surface area contributed by atoms with E-state index in [2.05, 4.69) is 40.4 Å². The molecule has 47 heavy (non-hydrogen) atoms. The number of benzene rings is 1. The molecule has 2 amide bonds. The summed E-state index contributed by atoms with van der Waals surface area (Å²) < 4.78 is 39.7. The molecule has 3 fully saturated rings. The van der Waals surface area contributed by atoms with Gasteiger partial charge in [0, 0.05) is 38.0 Å². The number of carbonyl (C=O) groups excluding carboxylic acids is 3. The van der Waals surface area contributed by atoms with Crippen LogP contribution in [-0.2, 0) is 33.6 Å². The number of esters is 1. The molecule has 2 saturated heterocycles. The first-order valence-electron chi connectivity index (χ1n) is 16.7. The predicted molar refractivity (Wildman–Crippen MR) is 182 cm³/mol. The Balaban J connectivity index is 1.33. The Morgan fingerprint density at radius 1 is 1.09 bits per heavy atom. The highest BCUT2D eigenvalue weighted by atomic mass is 32.2. The van der Waals surface area contributed by atoms with Gasteiger partial charge >= 0.3 is 5.97 Å². The number of piperazine rings is 1. The van der Waals surface area contributed by atoms with Crippen molar-refractivity contribution in [1.29, 1.82) is 0 Å². The summed E-state index contributed by atoms with van der Waals surface area (Å²) in [6, 6.07) is 8.13. The van der Waals surface area contributed by atoms with Crippen LogP contribution in [0.3, 0.4) is 0 Å². The Morgan fingerprint density at radius 3 is 2.36 bits per heavy atom. The standard InChI is InChI=1S/C35H49N3O7SSi/c1-8-23-44-34(41)32-30-25(17-18-28(39)36-19-21-37(22-20-36)46(42,43)26-14-10-9-11-15-26)13-12-16-27(30)31-29(33(40)38(31)32)24(2)45-47(6,7)35(3,4)5/h8-11,14-15,17-18,24-25,27,29,31H,1,12-13,16,19-23H2,2-7H3/b18-17+/t24-,25-,27+,29-,31-/m1/s1. The van der Waals surface area contributed by atoms with E-state index < -0.39 is 24.3 Å². The Bertz CT molecular complexity index is 1560. The molecular formula is C35H49N3O7SSi. The highest BCUT2D eigenvalue weighted by Gasteiger charge is 2.63. The first kappa shape index (κ1) is 35.2. The van der Waals surface area contributed by atoms with Gasteiger partial charge in [0.2, 0.25) is 21.8 Å². The highest BCUT2D eigenvalue weighted by Crippen LogP contribution is 2.55. The number of β-lactam (4-membered cyclic amide) rings is 1. The zero-order chi connectivity index (χ0) is 34.3. The molecular weight excluding hydrogens is 635 g/mol. The number of nitrogens with zero attached hydrogens (tertiary/aromatic N) is 3. The molecule has 1 saturated carbocycles. The van der Waals surface area contributed by atoms with Crippen LogP contribution in [0.4, 0.5) is 0 Å². The predicted octanol–water partition coefficient (Wildman–Crippen LogP) is 4.73. The lowest BCUT2D eigenvalue weighted by atomic mass is 9.69. The molecule has 256 valence electrons. The van der Waals surface area contributed by atoms with Gasteiger partial charge in [0.1, 0.15) is 12.3 Å². The SMILES string of the molecule is C=CCOC(=O)C1=C2[C@@H](/C=C/C(=O)N3CCN(S(=O)(=O)c4ccccc4)CC3)CCC[C@@H]2[C@@H]2[C@@H]([C@@H](C)O[Si](C)(C)C(C)(C)C)C(=O)N12. The second kappa shape index (κ2) is 13.4. The lowest BCUT2D eigenvalue weighted by Gasteiger charge is -2.51. The number of hydrogen-bond donors (Lipinski definition) is 0. The minimum atomic E-state index is -3.63. The zero-order valence-electron chi connectivity index (χ0n) is 28.5. The minimum absolute atomic E-state index is 0.0114. The number of hydrogen-bond acceptors (Lipinski definition) is 7. The van der Waals surface area contributed by atoms with Gasteiger partial charge in [0.25, 0.3) is 0 Å². The number of rotatable bonds is 10. The van der Waals surface area contributed by atoms with E-state index in [-0.39, 0.29) is 84.4 Å². The average Bonchev–Trinajstić information content (AvgIpc) is 3.33. The molecule has 0 unspecified atom stereocenters. The summed E-state index contributed by atoms with van der Waals surface area (Å²) >= 11 is 0. The quantitative estimate of drug-likeness (QED) is 0.115. The van der Waals surface area contributed by atoms with Gasteiger partial charge < -0.3 is 19.0 Å². The molecule has 0 radical (unpaired) electrons. The summed E-state index contributed by atoms with van der Waals surface area (Å²) in [6.45, 7) is 17.5. The molecule has 0 aromatic heterocycles. The highest BCUT2D eigenvalue weighted by molar-refractivity contribution is 7.89. The largest absolute Gasteiger partial charge is 0.457 e. The lowest BCUT2D eigenvalue weighted by Crippen LogP contribution is -2.65. The topological polar surface area (TPSA) is 114 Å². The van der Waals surface area contributed by atoms with E-state index in [1.807, 2.05) is 13.0 Å². The number of amides is 2. The van der Waals surface area contributed by atoms with Crippen molar-refractivity contribution in [3.05, 3.63) is 66.4 Å². The third-order valence-corrected chi connectivity index (χ3v) is 17.2. The monoisotopic (exact) mass is 683 g/mol. The van der Waals surface area contributed by atoms with Gasteiger partial charge in [-0.15, -0.1) is 0 Å². The molecule has 4 aliphatic rings. The van der Waals surface area contributed by atoms with Crippen LogP contribution in [0.25, 0.3) is 0 Å². The number of allylic oxidation sites excluding steroid dienone is 1. The first-order valence-corrected chi connectivity index (χ1v) is 21.0. The number of fused-ring (bicyclic) bond motifs is 3. The molecule has 1 aromatic rings. The van der Waals surface area contributed by atoms with Gasteiger partial charge in [-0.2, -0.15) is 4.31 Å². The molecule has 5 atom stereocenters. The van der Waals surface area contributed by atoms with Crippen LogP contribution in [0.5, 0.6) is 0 Å². The molecule has 1 aromatic carbocycles. The molecule has 12 heteroatoms. The Kier molecular flexibility index (Phi) is 10.1. The summed E-state index contributed by atoms with van der Waals surface area (Å²) in [7, 11) is -5.78. The van der Waals surface area contributed by atoms with Crippen molar-refractivity contribution in [2.75, 3.05) is 32.8 Å². The van der Waals surface area contributed by atoms with Crippen molar-refractivity contribution < 1.29 is 32.0 Å². The molecule has 1 aliphatic carbocycles. The normalized spacial score (nSPS) is 26.1. The van der Waals surface area contributed by atoms with Crippen LogP contribution in [-0.4, -0.2) is 93.6 Å². The van der Waals surface area contributed by atoms with Crippen molar-refractivity contribution in [3.8, 4) is 0 Å². The van der Waals surface area contributed by atoms with E-state index in [4.69, 9.17) is 9.16 Å². The molecule has 0 N–H and O–H groups in total. The second-order valence-electron chi connectivity index (χ2n) is 14.5. The number of ether oxygens (including phenoxy) is 1. The Hall–Kier alpha value is -3.06. The maximum atomic E-state index is 13.8. The summed E-state index contributed by atoms with van der Waals surface area (Å²) in [5.41, 5.74) is 1.18. The fourth-order valence-electron chi connectivity index (χ4n) is 7.22. The summed E-state index contributed by atoms with van der Waals surface area (Å²) in [5.74, 6) is -1.46. The van der Waals surface area contributed by atoms with Crippen molar-refractivity contribution in [2.24, 2.45) is 17.8 Å². The van der Waals surface area contributed by atoms with Gasteiger partial charge in [-0.05, 0) is 61.7 Å². The summed E-state index contributed by atoms with van der Waals surface area (Å²) in [5, 5.41) is -0.0114. The smallest absolute Gasteiger partial charge is 0.355 e. The fourth-order valence-corrected chi connectivity index (χ4v) is 10.1. The third-order valence-electron chi connectivity index (χ3n) is 10.7. The summed E-state index contributed by atoms with van der Waals surface area (Å²) in [4.78, 5) is 44.1. The van der Waals surface area contributed by atoms with Crippen LogP contribution in [0.15, 0.2) is 71.3 Å². The zero-order valence-corrected chi connectivity index (χ0v) is 30.3. The van der Waals surface area contributed by atoms with Gasteiger partial charge in [-0.1, -0.05) is 64.1 Å². The van der Waals surface area contributed by atoms with Crippen LogP contribution in [0.2, 0.25) is 18.1 Å². The first-order chi connectivity index (χ1) is 22.1. The van der Waals surface area contributed by atoms with Crippen molar-refractivity contribution in [3.63, 3.8) is 0 Å². The lowest BCUT2D eigenvalue weighted by molar-refractivity contribution is -0.163. The van der Waals surface area contributed by atoms with E-state index in [1.165, 1.54) is 10.4 Å². The van der Waals surface area contributed by atoms with Crippen LogP contribution < -0.4 is 0 Å². The fraction of sp³-hybridized carbons (Fsp3) is 0.571. The van der Waals surface area contributed by atoms with E-state index in [1.54, 1.807) is 46.2 Å². The molecule has 0 spiro atoms. The number of sulfonamides is 1. The van der Waals surface area contributed by atoms with E-state index >= 15 is 0 Å². The van der Waals surface area contributed by atoms with E-state index in [0.717, 1.165) is 24.8 Å². The Morgan fingerprint density at radius 2 is 1.74 bits per heavy atom. The van der Waals surface area contributed by atoms with Crippen LogP contribution >= 0.6 is 0 Å². The molecule has 0 bridgehead atoms. The van der Waals surface area contributed by atoms with Gasteiger partial charge in [-0.25, -0.2) is 13.2 Å². The Labute approximate surface area is 280 Å². The van der Waals surface area contributed by atoms with Gasteiger partial charge in [0.15, 0.2) is 8.32 Å². The van der Waals surface area contributed by atoms with Crippen molar-refractivity contribution in [1.82, 2.24) is 14.1 Å². The van der Waals surface area contributed by atoms with Crippen molar-refractivity contribution in [2.45, 2.75) is 82.1 Å². The second-order valence-corrected chi connectivity index (χ2v) is 21.2. The average molecular weight is 684 g/mol. The molecule has 10 nitrogen and oxygen atoms in total. The maximum Gasteiger partial charge on any atom is 0.355 e. The van der Waals surface area contributed by atoms with Gasteiger partial charge in [-0.3, -0.25) is 9.59 Å². The molecule has 3 heterocycles. The van der Waals surface area contributed by atoms with Crippen LogP contribution in [0.1, 0.15) is 47.0 Å². The number of carbonyl (C=O) groups is 3. The maximum absolute atomic E-state index is 13.8. The molecule has 3 aliphatic heterocycles. The third kappa shape index (κ3) is 6.66. The van der Waals surface area contributed by atoms with Gasteiger partial charge in [0.05, 0.1) is 23.0 Å². The van der Waals surface area contributed by atoms with Crippen molar-refractivity contribution >= 4 is 36.1 Å². The van der Waals surface area contributed by atoms with E-state index in [9.17, 15) is 22.8 Å². The van der Waals surface area contributed by atoms with Crippen LogP contribution in [0, 0.1) is 17.8 Å². The summed E-state index contributed by atoms with van der Waals surface area (Å²) in [6.07, 6.45) is 7.09. The van der Waals surface area contributed by atoms with E-state index in [0.29, 0.717) is 5.70 Å².